The summed E-state index contributed by atoms with van der Waals surface area (Å²) in [6.07, 6.45) is 3.44. The van der Waals surface area contributed by atoms with Crippen molar-refractivity contribution in [2.24, 2.45) is 0 Å². The van der Waals surface area contributed by atoms with Gasteiger partial charge in [0, 0.05) is 17.4 Å². The minimum Gasteiger partial charge on any atom is -0.481 e. The summed E-state index contributed by atoms with van der Waals surface area (Å²) < 4.78 is 1.84. The van der Waals surface area contributed by atoms with Gasteiger partial charge in [0.1, 0.15) is 0 Å². The number of aryl methyl sites for hydroxylation is 1. The molecule has 1 aromatic heterocycles. The summed E-state index contributed by atoms with van der Waals surface area (Å²) in [6.45, 7) is 1.97. The van der Waals surface area contributed by atoms with Gasteiger partial charge < -0.3 is 5.11 Å². The van der Waals surface area contributed by atoms with Gasteiger partial charge in [0.2, 0.25) is 0 Å². The molecule has 0 atom stereocenters. The monoisotopic (exact) mass is 282 g/mol. The molecule has 94 valence electrons. The fourth-order valence-electron chi connectivity index (χ4n) is 1.55. The largest absolute Gasteiger partial charge is 0.481 e. The van der Waals surface area contributed by atoms with E-state index in [2.05, 4.69) is 4.98 Å². The second-order valence-electron chi connectivity index (χ2n) is 3.69. The Balaban J connectivity index is 2.36. The second kappa shape index (κ2) is 5.46. The molecule has 1 heterocycles. The molecule has 2 rings (SSSR count). The smallest absolute Gasteiger partial charge is 0.313 e. The summed E-state index contributed by atoms with van der Waals surface area (Å²) in [5.41, 5.74) is 1.96. The van der Waals surface area contributed by atoms with Crippen molar-refractivity contribution >= 4 is 29.3 Å². The van der Waals surface area contributed by atoms with E-state index in [-0.39, 0.29) is 5.75 Å². The van der Waals surface area contributed by atoms with Crippen LogP contribution in [0.2, 0.25) is 5.02 Å². The average Bonchev–Trinajstić information content (AvgIpc) is 2.77. The lowest BCUT2D eigenvalue weighted by Gasteiger charge is -2.10. The molecule has 0 unspecified atom stereocenters. The molecule has 1 aromatic carbocycles. The standard InChI is InChI=1S/C12H11ClN2O2S/c1-8-2-3-9(13)6-10(8)15-5-4-14-12(15)18-7-11(16)17/h2-6H,7H2,1H3,(H,16,17). The zero-order valence-electron chi connectivity index (χ0n) is 9.63. The summed E-state index contributed by atoms with van der Waals surface area (Å²) in [6, 6.07) is 5.58. The van der Waals surface area contributed by atoms with E-state index in [1.165, 1.54) is 11.8 Å². The van der Waals surface area contributed by atoms with Crippen molar-refractivity contribution in [1.29, 1.82) is 0 Å². The first kappa shape index (κ1) is 13.0. The molecule has 18 heavy (non-hydrogen) atoms. The molecule has 0 aliphatic carbocycles. The van der Waals surface area contributed by atoms with E-state index >= 15 is 0 Å². The number of benzene rings is 1. The molecule has 0 spiro atoms. The Bertz CT molecular complexity index is 583. The molecule has 0 aliphatic rings. The first-order valence-corrected chi connectivity index (χ1v) is 6.59. The molecular weight excluding hydrogens is 272 g/mol. The van der Waals surface area contributed by atoms with Crippen molar-refractivity contribution in [3.05, 3.63) is 41.2 Å². The molecule has 0 saturated carbocycles. The molecule has 0 amide bonds. The topological polar surface area (TPSA) is 55.1 Å². The lowest BCUT2D eigenvalue weighted by molar-refractivity contribution is -0.133. The third kappa shape index (κ3) is 2.86. The Morgan fingerprint density at radius 2 is 2.33 bits per heavy atom. The number of carboxylic acids is 1. The molecule has 6 heteroatoms. The Labute approximate surface area is 114 Å². The fourth-order valence-corrected chi connectivity index (χ4v) is 2.40. The third-order valence-electron chi connectivity index (χ3n) is 2.36. The maximum atomic E-state index is 10.6. The normalized spacial score (nSPS) is 10.6. The number of rotatable bonds is 4. The molecule has 1 N–H and O–H groups in total. The highest BCUT2D eigenvalue weighted by Gasteiger charge is 2.10. The van der Waals surface area contributed by atoms with Crippen LogP contribution in [-0.2, 0) is 4.79 Å². The first-order chi connectivity index (χ1) is 8.58. The lowest BCUT2D eigenvalue weighted by Crippen LogP contribution is -2.02. The van der Waals surface area contributed by atoms with Gasteiger partial charge in [-0.1, -0.05) is 29.4 Å². The summed E-state index contributed by atoms with van der Waals surface area (Å²) in [5, 5.41) is 9.97. The van der Waals surface area contributed by atoms with Crippen molar-refractivity contribution < 1.29 is 9.90 Å². The number of thioether (sulfide) groups is 1. The first-order valence-electron chi connectivity index (χ1n) is 5.22. The van der Waals surface area contributed by atoms with Crippen LogP contribution < -0.4 is 0 Å². The van der Waals surface area contributed by atoms with Crippen molar-refractivity contribution in [2.75, 3.05) is 5.75 Å². The summed E-state index contributed by atoms with van der Waals surface area (Å²) in [7, 11) is 0. The zero-order chi connectivity index (χ0) is 13.1. The highest BCUT2D eigenvalue weighted by atomic mass is 35.5. The fraction of sp³-hybridized carbons (Fsp3) is 0.167. The number of carboxylic acid groups (broad SMARTS) is 1. The van der Waals surface area contributed by atoms with E-state index in [4.69, 9.17) is 16.7 Å². The van der Waals surface area contributed by atoms with Crippen LogP contribution in [0.3, 0.4) is 0 Å². The average molecular weight is 283 g/mol. The lowest BCUT2D eigenvalue weighted by atomic mass is 10.2. The number of aromatic nitrogens is 2. The highest BCUT2D eigenvalue weighted by Crippen LogP contribution is 2.24. The molecule has 0 aliphatic heterocycles. The van der Waals surface area contributed by atoms with Gasteiger partial charge in [-0.25, -0.2) is 4.98 Å². The summed E-state index contributed by atoms with van der Waals surface area (Å²) in [4.78, 5) is 14.7. The quantitative estimate of drug-likeness (QED) is 0.876. The Kier molecular flexibility index (Phi) is 3.93. The summed E-state index contributed by atoms with van der Waals surface area (Å²) in [5.74, 6) is -0.881. The van der Waals surface area contributed by atoms with Crippen molar-refractivity contribution in [3.8, 4) is 5.69 Å². The van der Waals surface area contributed by atoms with Crippen LogP contribution >= 0.6 is 23.4 Å². The predicted octanol–water partition coefficient (Wildman–Crippen LogP) is 3.01. The second-order valence-corrected chi connectivity index (χ2v) is 5.07. The van der Waals surface area contributed by atoms with Crippen LogP contribution in [0.15, 0.2) is 35.7 Å². The Morgan fingerprint density at radius 3 is 3.06 bits per heavy atom. The third-order valence-corrected chi connectivity index (χ3v) is 3.55. The number of hydrogen-bond acceptors (Lipinski definition) is 3. The molecule has 0 fully saturated rings. The van der Waals surface area contributed by atoms with Gasteiger partial charge in [-0.2, -0.15) is 0 Å². The van der Waals surface area contributed by atoms with Crippen molar-refractivity contribution in [1.82, 2.24) is 9.55 Å². The van der Waals surface area contributed by atoms with Gasteiger partial charge in [0.25, 0.3) is 0 Å². The van der Waals surface area contributed by atoms with Crippen LogP contribution in [-0.4, -0.2) is 26.4 Å². The van der Waals surface area contributed by atoms with E-state index in [0.717, 1.165) is 11.3 Å². The van der Waals surface area contributed by atoms with E-state index in [9.17, 15) is 4.79 Å². The van der Waals surface area contributed by atoms with Gasteiger partial charge in [-0.3, -0.25) is 9.36 Å². The minimum atomic E-state index is -0.864. The number of halogens is 1. The molecule has 0 bridgehead atoms. The van der Waals surface area contributed by atoms with Crippen LogP contribution in [0, 0.1) is 6.92 Å². The van der Waals surface area contributed by atoms with E-state index in [1.807, 2.05) is 29.7 Å². The Morgan fingerprint density at radius 1 is 1.56 bits per heavy atom. The predicted molar refractivity (Wildman–Crippen MR) is 71.7 cm³/mol. The maximum absolute atomic E-state index is 10.6. The van der Waals surface area contributed by atoms with Crippen molar-refractivity contribution in [3.63, 3.8) is 0 Å². The maximum Gasteiger partial charge on any atom is 0.313 e. The van der Waals surface area contributed by atoms with Crippen LogP contribution in [0.5, 0.6) is 0 Å². The van der Waals surface area contributed by atoms with E-state index < -0.39 is 5.97 Å². The number of carbonyl (C=O) groups is 1. The van der Waals surface area contributed by atoms with Gasteiger partial charge in [-0.05, 0) is 24.6 Å². The molecule has 0 saturated heterocycles. The van der Waals surface area contributed by atoms with Crippen molar-refractivity contribution in [2.45, 2.75) is 12.1 Å². The number of nitrogens with zero attached hydrogens (tertiary/aromatic N) is 2. The molecular formula is C12H11ClN2O2S. The highest BCUT2D eigenvalue weighted by molar-refractivity contribution is 7.99. The van der Waals surface area contributed by atoms with Gasteiger partial charge in [0.15, 0.2) is 5.16 Å². The zero-order valence-corrected chi connectivity index (χ0v) is 11.2. The number of aliphatic carboxylic acids is 1. The van der Waals surface area contributed by atoms with E-state index in [0.29, 0.717) is 10.2 Å². The van der Waals surface area contributed by atoms with Crippen LogP contribution in [0.25, 0.3) is 5.69 Å². The summed E-state index contributed by atoms with van der Waals surface area (Å²) >= 11 is 7.16. The van der Waals surface area contributed by atoms with Gasteiger partial charge >= 0.3 is 5.97 Å². The minimum absolute atomic E-state index is 0.0172. The molecule has 0 radical (unpaired) electrons. The Hall–Kier alpha value is -1.46. The van der Waals surface area contributed by atoms with Gasteiger partial charge in [-0.15, -0.1) is 0 Å². The van der Waals surface area contributed by atoms with E-state index in [1.54, 1.807) is 12.4 Å². The van der Waals surface area contributed by atoms with Crippen LogP contribution in [0.1, 0.15) is 5.56 Å². The number of imidazole rings is 1. The molecule has 2 aromatic rings. The van der Waals surface area contributed by atoms with Crippen LogP contribution in [0.4, 0.5) is 0 Å². The number of hydrogen-bond donors (Lipinski definition) is 1. The SMILES string of the molecule is Cc1ccc(Cl)cc1-n1ccnc1SCC(=O)O. The molecule has 4 nitrogen and oxygen atoms in total. The van der Waals surface area contributed by atoms with Gasteiger partial charge in [0.05, 0.1) is 11.4 Å².